The van der Waals surface area contributed by atoms with Gasteiger partial charge in [-0.1, -0.05) is 29.8 Å². The number of carbonyl (C=O) groups excluding carboxylic acids is 3. The van der Waals surface area contributed by atoms with Gasteiger partial charge in [0.2, 0.25) is 0 Å². The lowest BCUT2D eigenvalue weighted by Gasteiger charge is -2.28. The average molecular weight is 463 g/mol. The quantitative estimate of drug-likeness (QED) is 0.258. The zero-order chi connectivity index (χ0) is 22.7. The first-order valence-corrected chi connectivity index (χ1v) is 10.3. The number of thiocarbonyl (C=S) groups is 1. The van der Waals surface area contributed by atoms with Gasteiger partial charge in [-0.05, 0) is 72.9 Å². The smallest absolute Gasteiger partial charge is 0.270 e. The van der Waals surface area contributed by atoms with E-state index in [0.29, 0.717) is 27.8 Å². The lowest BCUT2D eigenvalue weighted by molar-refractivity contribution is -0.122. The summed E-state index contributed by atoms with van der Waals surface area (Å²) in [6, 6.07) is 22.0. The van der Waals surface area contributed by atoms with E-state index in [1.54, 1.807) is 36.4 Å². The number of hydrogen-bond donors (Lipinski definition) is 1. The molecule has 3 aromatic rings. The van der Waals surface area contributed by atoms with Crippen LogP contribution < -0.4 is 15.0 Å². The molecule has 0 saturated carbocycles. The first-order valence-electron chi connectivity index (χ1n) is 9.47. The predicted molar refractivity (Wildman–Crippen MR) is 125 cm³/mol. The van der Waals surface area contributed by atoms with Gasteiger partial charge in [0.1, 0.15) is 17.1 Å². The Bertz CT molecular complexity index is 1240. The molecule has 0 radical (unpaired) electrons. The van der Waals surface area contributed by atoms with Gasteiger partial charge >= 0.3 is 0 Å². The summed E-state index contributed by atoms with van der Waals surface area (Å²) in [4.78, 5) is 39.1. The third-order valence-corrected chi connectivity index (χ3v) is 5.12. The number of anilines is 1. The van der Waals surface area contributed by atoms with Crippen LogP contribution in [0, 0.1) is 0 Å². The molecule has 1 heterocycles. The van der Waals surface area contributed by atoms with E-state index >= 15 is 0 Å². The largest absolute Gasteiger partial charge is 0.457 e. The minimum absolute atomic E-state index is 0.0761. The van der Waals surface area contributed by atoms with Crippen molar-refractivity contribution < 1.29 is 19.1 Å². The third-order valence-electron chi connectivity index (χ3n) is 4.58. The molecule has 1 saturated heterocycles. The van der Waals surface area contributed by atoms with E-state index in [2.05, 4.69) is 5.32 Å². The number of ether oxygens (including phenoxy) is 1. The van der Waals surface area contributed by atoms with Gasteiger partial charge in [0.15, 0.2) is 10.9 Å². The molecule has 1 N–H and O–H groups in total. The molecule has 3 aromatic carbocycles. The Hall–Kier alpha value is -3.81. The minimum Gasteiger partial charge on any atom is -0.457 e. The third kappa shape index (κ3) is 4.59. The number of allylic oxidation sites excluding steroid dienone is 1. The van der Waals surface area contributed by atoms with Crippen LogP contribution in [0.3, 0.4) is 0 Å². The van der Waals surface area contributed by atoms with Gasteiger partial charge in [-0.15, -0.1) is 0 Å². The van der Waals surface area contributed by atoms with Crippen LogP contribution in [0.4, 0.5) is 5.69 Å². The van der Waals surface area contributed by atoms with Crippen LogP contribution in [-0.4, -0.2) is 22.7 Å². The molecule has 0 bridgehead atoms. The van der Waals surface area contributed by atoms with Crippen molar-refractivity contribution in [3.05, 3.63) is 101 Å². The molecule has 0 atom stereocenters. The Kier molecular flexibility index (Phi) is 6.11. The van der Waals surface area contributed by atoms with Gasteiger partial charge in [-0.3, -0.25) is 24.6 Å². The molecule has 0 spiro atoms. The first kappa shape index (κ1) is 21.4. The van der Waals surface area contributed by atoms with E-state index in [-0.39, 0.29) is 10.7 Å². The van der Waals surface area contributed by atoms with Gasteiger partial charge in [0.25, 0.3) is 11.8 Å². The maximum Gasteiger partial charge on any atom is 0.270 e. The fourth-order valence-corrected chi connectivity index (χ4v) is 3.42. The van der Waals surface area contributed by atoms with Crippen molar-refractivity contribution in [1.82, 2.24) is 5.32 Å². The Labute approximate surface area is 194 Å². The molecule has 1 aliphatic rings. The summed E-state index contributed by atoms with van der Waals surface area (Å²) >= 11 is 11.0. The summed E-state index contributed by atoms with van der Waals surface area (Å²) in [7, 11) is 0. The molecule has 0 aromatic heterocycles. The van der Waals surface area contributed by atoms with E-state index in [9.17, 15) is 14.4 Å². The van der Waals surface area contributed by atoms with Crippen molar-refractivity contribution in [3.63, 3.8) is 0 Å². The Morgan fingerprint density at radius 1 is 0.906 bits per heavy atom. The molecule has 4 rings (SSSR count). The Morgan fingerprint density at radius 3 is 2.19 bits per heavy atom. The monoisotopic (exact) mass is 462 g/mol. The summed E-state index contributed by atoms with van der Waals surface area (Å²) in [5.74, 6) is -0.698. The number of para-hydroxylation sites is 1. The van der Waals surface area contributed by atoms with Gasteiger partial charge < -0.3 is 4.74 Å². The van der Waals surface area contributed by atoms with E-state index < -0.39 is 17.6 Å². The number of nitrogens with zero attached hydrogens (tertiary/aromatic N) is 1. The minimum atomic E-state index is -0.734. The van der Waals surface area contributed by atoms with Crippen molar-refractivity contribution >= 4 is 52.2 Å². The van der Waals surface area contributed by atoms with E-state index in [4.69, 9.17) is 28.6 Å². The fourth-order valence-electron chi connectivity index (χ4n) is 3.01. The van der Waals surface area contributed by atoms with Crippen LogP contribution in [-0.2, 0) is 9.59 Å². The van der Waals surface area contributed by atoms with Crippen LogP contribution >= 0.6 is 23.8 Å². The molecule has 8 heteroatoms. The molecule has 0 aliphatic carbocycles. The predicted octanol–water partition coefficient (Wildman–Crippen LogP) is 4.69. The molecule has 32 heavy (non-hydrogen) atoms. The van der Waals surface area contributed by atoms with E-state index in [0.717, 1.165) is 11.0 Å². The van der Waals surface area contributed by atoms with Crippen LogP contribution in [0.15, 0.2) is 90.5 Å². The van der Waals surface area contributed by atoms with Crippen molar-refractivity contribution in [2.75, 3.05) is 4.90 Å². The van der Waals surface area contributed by atoms with Gasteiger partial charge in [0.05, 0.1) is 5.69 Å². The zero-order valence-corrected chi connectivity index (χ0v) is 18.0. The Balaban J connectivity index is 1.58. The van der Waals surface area contributed by atoms with Crippen LogP contribution in [0.25, 0.3) is 0 Å². The number of halogens is 1. The number of ketones is 1. The SMILES string of the molecule is O=C1NC(=S)N(c2ccc(Oc3ccccc3)cc2)C(=O)/C1=C\C(=O)c1ccc(Cl)cc1. The highest BCUT2D eigenvalue weighted by Crippen LogP contribution is 2.26. The van der Waals surface area contributed by atoms with Crippen LogP contribution in [0.1, 0.15) is 10.4 Å². The number of rotatable bonds is 5. The molecule has 0 unspecified atom stereocenters. The highest BCUT2D eigenvalue weighted by Gasteiger charge is 2.35. The van der Waals surface area contributed by atoms with Crippen molar-refractivity contribution in [3.8, 4) is 11.5 Å². The van der Waals surface area contributed by atoms with Crippen LogP contribution in [0.2, 0.25) is 5.02 Å². The summed E-state index contributed by atoms with van der Waals surface area (Å²) in [5, 5.41) is 2.85. The number of benzene rings is 3. The topological polar surface area (TPSA) is 75.7 Å². The molecule has 1 fully saturated rings. The average Bonchev–Trinajstić information content (AvgIpc) is 2.79. The second-order valence-corrected chi connectivity index (χ2v) is 7.56. The van der Waals surface area contributed by atoms with Gasteiger partial charge in [-0.2, -0.15) is 0 Å². The molecule has 2 amide bonds. The normalized spacial score (nSPS) is 15.0. The maximum absolute atomic E-state index is 13.0. The van der Waals surface area contributed by atoms with Crippen molar-refractivity contribution in [2.24, 2.45) is 0 Å². The van der Waals surface area contributed by atoms with E-state index in [1.165, 1.54) is 12.1 Å². The maximum atomic E-state index is 13.0. The second kappa shape index (κ2) is 9.13. The summed E-state index contributed by atoms with van der Waals surface area (Å²) in [5.41, 5.74) is 0.401. The summed E-state index contributed by atoms with van der Waals surface area (Å²) in [6.45, 7) is 0. The van der Waals surface area contributed by atoms with Gasteiger partial charge in [0, 0.05) is 16.7 Å². The first-order chi connectivity index (χ1) is 15.4. The Morgan fingerprint density at radius 2 is 1.53 bits per heavy atom. The summed E-state index contributed by atoms with van der Waals surface area (Å²) in [6.07, 6.45) is 1.00. The lowest BCUT2D eigenvalue weighted by atomic mass is 10.1. The highest BCUT2D eigenvalue weighted by atomic mass is 35.5. The van der Waals surface area contributed by atoms with Gasteiger partial charge in [-0.25, -0.2) is 0 Å². The number of hydrogen-bond acceptors (Lipinski definition) is 5. The molecule has 158 valence electrons. The summed E-state index contributed by atoms with van der Waals surface area (Å²) < 4.78 is 5.75. The number of carbonyl (C=O) groups is 3. The molecule has 6 nitrogen and oxygen atoms in total. The number of nitrogens with one attached hydrogen (secondary N) is 1. The second-order valence-electron chi connectivity index (χ2n) is 6.74. The highest BCUT2D eigenvalue weighted by molar-refractivity contribution is 7.80. The number of amides is 2. The fraction of sp³-hybridized carbons (Fsp3) is 0. The lowest BCUT2D eigenvalue weighted by Crippen LogP contribution is -2.54. The molecule has 1 aliphatic heterocycles. The molecular weight excluding hydrogens is 448 g/mol. The van der Waals surface area contributed by atoms with Crippen LogP contribution in [0.5, 0.6) is 11.5 Å². The van der Waals surface area contributed by atoms with E-state index in [1.807, 2.05) is 30.3 Å². The zero-order valence-electron chi connectivity index (χ0n) is 16.4. The standard InChI is InChI=1S/C24H15ClN2O4S/c25-16-8-6-15(7-9-16)21(28)14-20-22(29)26-24(32)27(23(20)30)17-10-12-19(13-11-17)31-18-4-2-1-3-5-18/h1-14H,(H,26,29,32)/b20-14-. The van der Waals surface area contributed by atoms with Crippen molar-refractivity contribution in [1.29, 1.82) is 0 Å². The molecular formula is C24H15ClN2O4S. The van der Waals surface area contributed by atoms with Crippen molar-refractivity contribution in [2.45, 2.75) is 0 Å².